The van der Waals surface area contributed by atoms with Crippen LogP contribution in [0.4, 0.5) is 39.4 Å². The molecule has 0 amide bonds. The molecular weight excluding hydrogens is 531 g/mol. The minimum Gasteiger partial charge on any atom is -0.354 e. The van der Waals surface area contributed by atoms with Crippen LogP contribution in [0.2, 0.25) is 0 Å². The summed E-state index contributed by atoms with van der Waals surface area (Å²) in [4.78, 5) is 13.1. The zero-order chi connectivity index (χ0) is 27.1. The van der Waals surface area contributed by atoms with E-state index in [1.54, 1.807) is 12.1 Å². The predicted molar refractivity (Wildman–Crippen MR) is 132 cm³/mol. The highest BCUT2D eigenvalue weighted by Crippen LogP contribution is 2.51. The van der Waals surface area contributed by atoms with Crippen molar-refractivity contribution in [3.05, 3.63) is 71.8 Å². The number of fused-ring (bicyclic) bond motifs is 1. The zero-order valence-electron chi connectivity index (χ0n) is 19.3. The Morgan fingerprint density at radius 2 is 1.66 bits per heavy atom. The number of hydrogen-bond donors (Lipinski definition) is 4. The normalized spacial score (nSPS) is 14.5. The molecule has 5 rings (SSSR count). The Bertz CT molecular complexity index is 1580. The minimum absolute atomic E-state index is 0.0149. The summed E-state index contributed by atoms with van der Waals surface area (Å²) in [6, 6.07) is 12.4. The Morgan fingerprint density at radius 1 is 0.921 bits per heavy atom. The van der Waals surface area contributed by atoms with Crippen LogP contribution in [0.15, 0.2) is 54.6 Å². The summed E-state index contributed by atoms with van der Waals surface area (Å²) in [5, 5.41) is 5.39. The summed E-state index contributed by atoms with van der Waals surface area (Å²) in [6.45, 7) is 0.0149. The van der Waals surface area contributed by atoms with Gasteiger partial charge in [-0.3, -0.25) is 4.72 Å². The van der Waals surface area contributed by atoms with Gasteiger partial charge in [0.2, 0.25) is 16.8 Å². The fourth-order valence-electron chi connectivity index (χ4n) is 3.84. The minimum atomic E-state index is -4.52. The van der Waals surface area contributed by atoms with Crippen molar-refractivity contribution >= 4 is 39.4 Å². The molecule has 0 aliphatic heterocycles. The average Bonchev–Trinajstić information content (AvgIpc) is 3.65. The predicted octanol–water partition coefficient (Wildman–Crippen LogP) is 5.03. The molecule has 0 bridgehead atoms. The van der Waals surface area contributed by atoms with Crippen LogP contribution in [0.25, 0.3) is 22.3 Å². The van der Waals surface area contributed by atoms with Crippen molar-refractivity contribution in [2.75, 3.05) is 15.4 Å². The fraction of sp³-hybridized carbons (Fsp3) is 0.208. The molecule has 0 radical (unpaired) electrons. The van der Waals surface area contributed by atoms with Gasteiger partial charge in [-0.15, -0.1) is 0 Å². The van der Waals surface area contributed by atoms with Crippen molar-refractivity contribution in [2.45, 2.75) is 31.1 Å². The summed E-state index contributed by atoms with van der Waals surface area (Å²) in [6.07, 6.45) is -4.78. The van der Waals surface area contributed by atoms with Crippen LogP contribution in [0.1, 0.15) is 18.4 Å². The van der Waals surface area contributed by atoms with E-state index in [4.69, 9.17) is 0 Å². The molecule has 2 aromatic carbocycles. The van der Waals surface area contributed by atoms with E-state index in [9.17, 15) is 30.4 Å². The topological polar surface area (TPSA) is 109 Å². The lowest BCUT2D eigenvalue weighted by atomic mass is 10.1. The molecule has 0 spiro atoms. The highest BCUT2D eigenvalue weighted by Gasteiger charge is 2.64. The number of alkyl halides is 3. The Kier molecular flexibility index (Phi) is 6.51. The molecule has 0 unspecified atom stereocenters. The molecule has 4 aromatic rings. The molecule has 8 nitrogen and oxygen atoms in total. The first-order chi connectivity index (χ1) is 18.0. The van der Waals surface area contributed by atoms with Crippen molar-refractivity contribution < 1.29 is 30.4 Å². The van der Waals surface area contributed by atoms with Gasteiger partial charge in [-0.05, 0) is 66.9 Å². The van der Waals surface area contributed by atoms with Crippen molar-refractivity contribution in [1.82, 2.24) is 15.0 Å². The quantitative estimate of drug-likeness (QED) is 0.180. The van der Waals surface area contributed by atoms with Gasteiger partial charge < -0.3 is 10.6 Å². The second-order valence-electron chi connectivity index (χ2n) is 8.71. The Balaban J connectivity index is 1.50. The highest BCUT2D eigenvalue weighted by atomic mass is 32.2. The molecule has 14 heteroatoms. The van der Waals surface area contributed by atoms with Crippen LogP contribution in [0.5, 0.6) is 0 Å². The third-order valence-corrected chi connectivity index (χ3v) is 6.45. The van der Waals surface area contributed by atoms with E-state index in [0.717, 1.165) is 6.07 Å². The molecule has 1 saturated carbocycles. The number of benzene rings is 2. The van der Waals surface area contributed by atoms with E-state index >= 15 is 0 Å². The maximum Gasteiger partial charge on any atom is 0.411 e. The lowest BCUT2D eigenvalue weighted by Gasteiger charge is -2.22. The molecule has 2 aromatic heterocycles. The van der Waals surface area contributed by atoms with Crippen molar-refractivity contribution in [3.8, 4) is 11.3 Å². The number of thiol groups is 1. The number of aromatic nitrogens is 3. The molecule has 0 atom stereocenters. The van der Waals surface area contributed by atoms with Crippen LogP contribution < -0.4 is 15.4 Å². The second kappa shape index (κ2) is 9.67. The Labute approximate surface area is 214 Å². The first-order valence-corrected chi connectivity index (χ1v) is 12.4. The van der Waals surface area contributed by atoms with Crippen molar-refractivity contribution in [2.24, 2.45) is 0 Å². The lowest BCUT2D eigenvalue weighted by molar-refractivity contribution is -0.151. The molecule has 3 N–H and O–H groups in total. The van der Waals surface area contributed by atoms with E-state index in [-0.39, 0.29) is 47.9 Å². The first-order valence-electron chi connectivity index (χ1n) is 11.3. The van der Waals surface area contributed by atoms with E-state index in [2.05, 4.69) is 25.6 Å². The number of pyridine rings is 1. The number of hydrogen-bond acceptors (Lipinski definition) is 7. The van der Waals surface area contributed by atoms with Crippen LogP contribution in [-0.4, -0.2) is 35.1 Å². The van der Waals surface area contributed by atoms with Gasteiger partial charge in [0, 0.05) is 12.1 Å². The monoisotopic (exact) mass is 550 g/mol. The molecule has 38 heavy (non-hydrogen) atoms. The number of halogens is 5. The largest absolute Gasteiger partial charge is 0.411 e. The van der Waals surface area contributed by atoms with Gasteiger partial charge in [0.1, 0.15) is 22.7 Å². The molecule has 1 aliphatic rings. The summed E-state index contributed by atoms with van der Waals surface area (Å²) >= 11 is 0. The average molecular weight is 551 g/mol. The standard InChI is InChI=1S/C24H19F5N6O2S/c25-15-4-2-14(3-5-15)17-7-8-18-20(31-17)21(34-23(9-10-23)24(27,28)29)33-22(32-18)30-12-13-1-6-16(26)19(11-13)35-38(36)37/h1-8,11,38H,9-10,12H2,(H,35,36,37)(H2,30,32,33,34). The van der Waals surface area contributed by atoms with Crippen molar-refractivity contribution in [3.63, 3.8) is 0 Å². The van der Waals surface area contributed by atoms with E-state index in [0.29, 0.717) is 16.8 Å². The third kappa shape index (κ3) is 5.30. The lowest BCUT2D eigenvalue weighted by Crippen LogP contribution is -2.39. The van der Waals surface area contributed by atoms with Gasteiger partial charge in [0.15, 0.2) is 5.82 Å². The van der Waals surface area contributed by atoms with Crippen LogP contribution >= 0.6 is 0 Å². The number of nitrogens with one attached hydrogen (secondary N) is 3. The molecule has 198 valence electrons. The second-order valence-corrected chi connectivity index (χ2v) is 9.45. The smallest absolute Gasteiger partial charge is 0.354 e. The van der Waals surface area contributed by atoms with Crippen molar-refractivity contribution in [1.29, 1.82) is 0 Å². The van der Waals surface area contributed by atoms with Crippen LogP contribution in [0.3, 0.4) is 0 Å². The highest BCUT2D eigenvalue weighted by molar-refractivity contribution is 7.73. The summed E-state index contributed by atoms with van der Waals surface area (Å²) in [7, 11) is -3.08. The van der Waals surface area contributed by atoms with Gasteiger partial charge >= 0.3 is 6.18 Å². The molecule has 0 saturated heterocycles. The van der Waals surface area contributed by atoms with Gasteiger partial charge in [-0.2, -0.15) is 18.2 Å². The molecule has 1 aliphatic carbocycles. The number of anilines is 3. The summed E-state index contributed by atoms with van der Waals surface area (Å²) in [5.74, 6) is -1.38. The third-order valence-electron chi connectivity index (χ3n) is 6.03. The Morgan fingerprint density at radius 3 is 2.32 bits per heavy atom. The first kappa shape index (κ1) is 25.6. The van der Waals surface area contributed by atoms with Crippen LogP contribution in [-0.2, 0) is 17.4 Å². The Hall–Kier alpha value is -4.07. The molecule has 1 fully saturated rings. The van der Waals surface area contributed by atoms with E-state index < -0.39 is 34.2 Å². The maximum atomic E-state index is 13.9. The maximum absolute atomic E-state index is 13.9. The fourth-order valence-corrected chi connectivity index (χ4v) is 4.21. The number of nitrogens with zero attached hydrogens (tertiary/aromatic N) is 3. The van der Waals surface area contributed by atoms with Gasteiger partial charge in [-0.25, -0.2) is 27.2 Å². The molecular formula is C24H19F5N6O2S. The van der Waals surface area contributed by atoms with E-state index in [1.165, 1.54) is 36.4 Å². The SMILES string of the molecule is O=[SH](=O)Nc1cc(CNc2nc(NC3(C(F)(F)F)CC3)c3nc(-c4ccc(F)cc4)ccc3n2)ccc1F. The van der Waals surface area contributed by atoms with Gasteiger partial charge in [0.05, 0.1) is 16.9 Å². The summed E-state index contributed by atoms with van der Waals surface area (Å²) < 4.78 is 92.2. The number of rotatable bonds is 8. The van der Waals surface area contributed by atoms with Gasteiger partial charge in [0.25, 0.3) is 0 Å². The summed E-state index contributed by atoms with van der Waals surface area (Å²) in [5.41, 5.74) is -0.628. The molecule has 2 heterocycles. The van der Waals surface area contributed by atoms with Crippen LogP contribution in [0, 0.1) is 11.6 Å². The van der Waals surface area contributed by atoms with Gasteiger partial charge in [-0.1, -0.05) is 6.07 Å². The zero-order valence-corrected chi connectivity index (χ0v) is 20.2. The van der Waals surface area contributed by atoms with E-state index in [1.807, 2.05) is 4.72 Å².